The fourth-order valence-electron chi connectivity index (χ4n) is 2.98. The smallest absolute Gasteiger partial charge is 0.400 e. The van der Waals surface area contributed by atoms with Gasteiger partial charge in [0.15, 0.2) is 0 Å². The van der Waals surface area contributed by atoms with Crippen LogP contribution in [0, 0.1) is 5.41 Å². The molecule has 2 fully saturated rings. The largest absolute Gasteiger partial charge is 0.486 e. The molecule has 0 atom stereocenters. The molecule has 2 aliphatic rings. The zero-order valence-corrected chi connectivity index (χ0v) is 13.3. The first-order chi connectivity index (χ1) is 8.74. The van der Waals surface area contributed by atoms with Crippen LogP contribution in [0.25, 0.3) is 0 Å². The van der Waals surface area contributed by atoms with Gasteiger partial charge in [-0.15, -0.1) is 0 Å². The molecule has 0 aromatic rings. The van der Waals surface area contributed by atoms with Gasteiger partial charge >= 0.3 is 7.12 Å². The summed E-state index contributed by atoms with van der Waals surface area (Å²) in [4.78, 5) is 0. The topological polar surface area (TPSA) is 18.5 Å². The summed E-state index contributed by atoms with van der Waals surface area (Å²) in [5.41, 5.74) is -0.126. The lowest BCUT2D eigenvalue weighted by Crippen LogP contribution is -2.41. The maximum absolute atomic E-state index is 6.02. The molecule has 0 amide bonds. The van der Waals surface area contributed by atoms with Crippen molar-refractivity contribution >= 4 is 7.12 Å². The van der Waals surface area contributed by atoms with Crippen LogP contribution in [-0.4, -0.2) is 18.3 Å². The molecule has 1 heterocycles. The molecule has 0 aromatic carbocycles. The standard InChI is InChI=1S/C16H29BO2/c1-14(2)15(3,4)19-17(18-14)13-12-16(5)10-8-6-7-9-11-16/h12-13H,6-11H2,1-5H3/b13-12+. The SMILES string of the molecule is CC1(/C=C/B2OC(C)(C)C(C)(C)O2)CCCCCC1. The molecule has 1 aliphatic carbocycles. The number of allylic oxidation sites excluding steroid dienone is 1. The van der Waals surface area contributed by atoms with Gasteiger partial charge in [0.2, 0.25) is 0 Å². The predicted octanol–water partition coefficient (Wildman–Crippen LogP) is 4.53. The molecule has 0 bridgehead atoms. The van der Waals surface area contributed by atoms with E-state index in [1.165, 1.54) is 38.5 Å². The molecule has 108 valence electrons. The molecule has 0 spiro atoms. The van der Waals surface area contributed by atoms with Crippen LogP contribution in [0.5, 0.6) is 0 Å². The first-order valence-electron chi connectivity index (χ1n) is 7.79. The molecular formula is C16H29BO2. The summed E-state index contributed by atoms with van der Waals surface area (Å²) in [6.07, 6.45) is 10.4. The summed E-state index contributed by atoms with van der Waals surface area (Å²) in [6.45, 7) is 10.8. The van der Waals surface area contributed by atoms with Gasteiger partial charge in [-0.2, -0.15) is 0 Å². The third kappa shape index (κ3) is 3.43. The van der Waals surface area contributed by atoms with E-state index in [4.69, 9.17) is 9.31 Å². The fraction of sp³-hybridized carbons (Fsp3) is 0.875. The summed E-state index contributed by atoms with van der Waals surface area (Å²) >= 11 is 0. The van der Waals surface area contributed by atoms with Gasteiger partial charge < -0.3 is 9.31 Å². The lowest BCUT2D eigenvalue weighted by molar-refractivity contribution is 0.00578. The maximum atomic E-state index is 6.02. The van der Waals surface area contributed by atoms with Crippen molar-refractivity contribution in [2.45, 2.75) is 84.3 Å². The quantitative estimate of drug-likeness (QED) is 0.538. The zero-order valence-electron chi connectivity index (χ0n) is 13.3. The average molecular weight is 264 g/mol. The van der Waals surface area contributed by atoms with Crippen molar-refractivity contribution in [2.24, 2.45) is 5.41 Å². The predicted molar refractivity (Wildman–Crippen MR) is 81.0 cm³/mol. The second-order valence-corrected chi connectivity index (χ2v) is 7.55. The third-order valence-electron chi connectivity index (χ3n) is 5.17. The van der Waals surface area contributed by atoms with Gasteiger partial charge in [-0.3, -0.25) is 0 Å². The van der Waals surface area contributed by atoms with Crippen LogP contribution in [0.1, 0.15) is 73.1 Å². The molecule has 0 aromatic heterocycles. The Kier molecular flexibility index (Phi) is 4.18. The highest BCUT2D eigenvalue weighted by atomic mass is 16.7. The molecule has 2 rings (SSSR count). The molecule has 0 radical (unpaired) electrons. The minimum atomic E-state index is -0.230. The summed E-state index contributed by atoms with van der Waals surface area (Å²) in [5.74, 6) is 2.14. The molecule has 3 heteroatoms. The average Bonchev–Trinajstić information content (AvgIpc) is 2.45. The summed E-state index contributed by atoms with van der Waals surface area (Å²) in [7, 11) is -0.190. The molecule has 2 nitrogen and oxygen atoms in total. The Labute approximate surface area is 119 Å². The van der Waals surface area contributed by atoms with E-state index >= 15 is 0 Å². The highest BCUT2D eigenvalue weighted by molar-refractivity contribution is 6.51. The molecular weight excluding hydrogens is 235 g/mol. The number of rotatable bonds is 2. The van der Waals surface area contributed by atoms with E-state index in [0.29, 0.717) is 5.41 Å². The third-order valence-corrected chi connectivity index (χ3v) is 5.17. The monoisotopic (exact) mass is 264 g/mol. The lowest BCUT2D eigenvalue weighted by atomic mass is 9.78. The van der Waals surface area contributed by atoms with Crippen LogP contribution in [-0.2, 0) is 9.31 Å². The van der Waals surface area contributed by atoms with Crippen LogP contribution in [0.3, 0.4) is 0 Å². The van der Waals surface area contributed by atoms with Gasteiger partial charge in [0.25, 0.3) is 0 Å². The second kappa shape index (κ2) is 5.25. The van der Waals surface area contributed by atoms with Crippen LogP contribution >= 0.6 is 0 Å². The first-order valence-corrected chi connectivity index (χ1v) is 7.79. The maximum Gasteiger partial charge on any atom is 0.486 e. The van der Waals surface area contributed by atoms with Crippen LogP contribution in [0.4, 0.5) is 0 Å². The van der Waals surface area contributed by atoms with E-state index in [1.54, 1.807) is 0 Å². The van der Waals surface area contributed by atoms with Gasteiger partial charge in [-0.1, -0.05) is 44.7 Å². The summed E-state index contributed by atoms with van der Waals surface area (Å²) in [5, 5.41) is 0. The lowest BCUT2D eigenvalue weighted by Gasteiger charge is -2.32. The van der Waals surface area contributed by atoms with Crippen molar-refractivity contribution in [3.05, 3.63) is 12.1 Å². The van der Waals surface area contributed by atoms with Crippen LogP contribution < -0.4 is 0 Å². The normalized spacial score (nSPS) is 29.6. The van der Waals surface area contributed by atoms with Crippen molar-refractivity contribution < 1.29 is 9.31 Å². The van der Waals surface area contributed by atoms with Gasteiger partial charge in [0.05, 0.1) is 11.2 Å². The first kappa shape index (κ1) is 15.1. The Hall–Kier alpha value is -0.275. The van der Waals surface area contributed by atoms with Gasteiger partial charge in [-0.25, -0.2) is 0 Å². The Morgan fingerprint density at radius 3 is 1.74 bits per heavy atom. The van der Waals surface area contributed by atoms with Crippen molar-refractivity contribution in [3.8, 4) is 0 Å². The Morgan fingerprint density at radius 1 is 0.789 bits per heavy atom. The van der Waals surface area contributed by atoms with Gasteiger partial charge in [-0.05, 0) is 46.0 Å². The molecule has 1 saturated heterocycles. The fourth-order valence-corrected chi connectivity index (χ4v) is 2.98. The summed E-state index contributed by atoms with van der Waals surface area (Å²) in [6, 6.07) is 0. The molecule has 19 heavy (non-hydrogen) atoms. The van der Waals surface area contributed by atoms with Crippen molar-refractivity contribution in [2.75, 3.05) is 0 Å². The Morgan fingerprint density at radius 2 is 1.26 bits per heavy atom. The highest BCUT2D eigenvalue weighted by Crippen LogP contribution is 2.39. The van der Waals surface area contributed by atoms with Crippen molar-refractivity contribution in [1.82, 2.24) is 0 Å². The zero-order chi connectivity index (χ0) is 14.1. The van der Waals surface area contributed by atoms with E-state index in [9.17, 15) is 0 Å². The minimum absolute atomic E-state index is 0.190. The second-order valence-electron chi connectivity index (χ2n) is 7.55. The van der Waals surface area contributed by atoms with E-state index in [0.717, 1.165) is 0 Å². The number of hydrogen-bond acceptors (Lipinski definition) is 2. The summed E-state index contributed by atoms with van der Waals surface area (Å²) < 4.78 is 12.0. The molecule has 1 aliphatic heterocycles. The van der Waals surface area contributed by atoms with Gasteiger partial charge in [0, 0.05) is 0 Å². The van der Waals surface area contributed by atoms with E-state index in [1.807, 2.05) is 0 Å². The van der Waals surface area contributed by atoms with E-state index < -0.39 is 0 Å². The Balaban J connectivity index is 1.99. The Bertz CT molecular complexity index is 323. The molecule has 0 unspecified atom stereocenters. The van der Waals surface area contributed by atoms with Crippen molar-refractivity contribution in [1.29, 1.82) is 0 Å². The van der Waals surface area contributed by atoms with Crippen LogP contribution in [0.15, 0.2) is 12.1 Å². The molecule has 0 N–H and O–H groups in total. The number of hydrogen-bond donors (Lipinski definition) is 0. The minimum Gasteiger partial charge on any atom is -0.400 e. The highest BCUT2D eigenvalue weighted by Gasteiger charge is 2.50. The molecule has 1 saturated carbocycles. The van der Waals surface area contributed by atoms with E-state index in [-0.39, 0.29) is 18.3 Å². The van der Waals surface area contributed by atoms with Crippen LogP contribution in [0.2, 0.25) is 0 Å². The van der Waals surface area contributed by atoms with E-state index in [2.05, 4.69) is 46.7 Å². The van der Waals surface area contributed by atoms with Gasteiger partial charge in [0.1, 0.15) is 0 Å². The van der Waals surface area contributed by atoms with Crippen molar-refractivity contribution in [3.63, 3.8) is 0 Å².